The van der Waals surface area contributed by atoms with Crippen LogP contribution in [0.5, 0.6) is 5.75 Å². The molecule has 1 aromatic carbocycles. The summed E-state index contributed by atoms with van der Waals surface area (Å²) in [4.78, 5) is 0. The molecule has 0 heterocycles. The van der Waals surface area contributed by atoms with Crippen molar-refractivity contribution in [3.05, 3.63) is 28.2 Å². The highest BCUT2D eigenvalue weighted by Gasteiger charge is 2.43. The van der Waals surface area contributed by atoms with E-state index in [-0.39, 0.29) is 17.3 Å². The lowest BCUT2D eigenvalue weighted by molar-refractivity contribution is 0.0221. The molecule has 1 aliphatic carbocycles. The molecule has 4 N–H and O–H groups in total. The van der Waals surface area contributed by atoms with Crippen LogP contribution in [0.1, 0.15) is 18.4 Å². The molecule has 0 spiro atoms. The lowest BCUT2D eigenvalue weighted by Gasteiger charge is -2.45. The van der Waals surface area contributed by atoms with Crippen LogP contribution in [-0.2, 0) is 5.41 Å². The van der Waals surface area contributed by atoms with Gasteiger partial charge >= 0.3 is 0 Å². The third-order valence-corrected chi connectivity index (χ3v) is 3.84. The molecule has 1 aromatic rings. The first kappa shape index (κ1) is 10.9. The Hall–Kier alpha value is -0.580. The van der Waals surface area contributed by atoms with Crippen LogP contribution in [0.4, 0.5) is 0 Å². The molecular weight excluding hydrogens is 258 g/mol. The number of phenols is 1. The average molecular weight is 272 g/mol. The normalized spacial score (nSPS) is 29.9. The quantitative estimate of drug-likeness (QED) is 0.764. The lowest BCUT2D eigenvalue weighted by Crippen LogP contribution is -2.49. The first-order valence-corrected chi connectivity index (χ1v) is 5.74. The van der Waals surface area contributed by atoms with Crippen molar-refractivity contribution in [1.29, 1.82) is 0 Å². The van der Waals surface area contributed by atoms with E-state index in [1.54, 1.807) is 6.07 Å². The molecule has 0 saturated heterocycles. The third-order valence-electron chi connectivity index (χ3n) is 3.20. The van der Waals surface area contributed by atoms with Crippen LogP contribution in [0, 0.1) is 0 Å². The molecule has 0 unspecified atom stereocenters. The zero-order valence-electron chi connectivity index (χ0n) is 8.28. The van der Waals surface area contributed by atoms with Gasteiger partial charge in [-0.1, -0.05) is 6.07 Å². The van der Waals surface area contributed by atoms with E-state index in [0.29, 0.717) is 23.9 Å². The van der Waals surface area contributed by atoms with E-state index in [1.165, 1.54) is 0 Å². The predicted octanol–water partition coefficient (Wildman–Crippen LogP) is 1.51. The van der Waals surface area contributed by atoms with Crippen molar-refractivity contribution < 1.29 is 10.2 Å². The fourth-order valence-electron chi connectivity index (χ4n) is 2.20. The number of benzene rings is 1. The van der Waals surface area contributed by atoms with Gasteiger partial charge < -0.3 is 15.9 Å². The second kappa shape index (κ2) is 3.77. The molecule has 1 saturated carbocycles. The molecule has 2 rings (SSSR count). The van der Waals surface area contributed by atoms with Gasteiger partial charge in [0, 0.05) is 12.0 Å². The molecule has 1 fully saturated rings. The van der Waals surface area contributed by atoms with Crippen molar-refractivity contribution in [2.24, 2.45) is 5.73 Å². The largest absolute Gasteiger partial charge is 0.507 e. The average Bonchev–Trinajstić information content (AvgIpc) is 2.17. The molecule has 4 heteroatoms. The van der Waals surface area contributed by atoms with Crippen molar-refractivity contribution in [3.63, 3.8) is 0 Å². The highest BCUT2D eigenvalue weighted by atomic mass is 79.9. The number of aliphatic hydroxyl groups excluding tert-OH is 1. The summed E-state index contributed by atoms with van der Waals surface area (Å²) in [6.07, 6.45) is 1.18. The van der Waals surface area contributed by atoms with Crippen molar-refractivity contribution in [2.45, 2.75) is 24.4 Å². The van der Waals surface area contributed by atoms with Crippen LogP contribution < -0.4 is 5.73 Å². The van der Waals surface area contributed by atoms with Crippen LogP contribution in [-0.4, -0.2) is 22.9 Å². The monoisotopic (exact) mass is 271 g/mol. The Balaban J connectivity index is 2.32. The van der Waals surface area contributed by atoms with Crippen molar-refractivity contribution in [1.82, 2.24) is 0 Å². The van der Waals surface area contributed by atoms with Gasteiger partial charge in [0.2, 0.25) is 0 Å². The van der Waals surface area contributed by atoms with E-state index in [0.717, 1.165) is 5.56 Å². The number of aromatic hydroxyl groups is 1. The topological polar surface area (TPSA) is 66.5 Å². The summed E-state index contributed by atoms with van der Waals surface area (Å²) >= 11 is 3.28. The molecule has 0 bridgehead atoms. The van der Waals surface area contributed by atoms with E-state index in [1.807, 2.05) is 12.1 Å². The second-order valence-electron chi connectivity index (χ2n) is 4.21. The van der Waals surface area contributed by atoms with Gasteiger partial charge in [0.15, 0.2) is 0 Å². The Morgan fingerprint density at radius 3 is 2.60 bits per heavy atom. The fraction of sp³-hybridized carbons (Fsp3) is 0.455. The Morgan fingerprint density at radius 1 is 1.47 bits per heavy atom. The van der Waals surface area contributed by atoms with Crippen molar-refractivity contribution in [3.8, 4) is 5.75 Å². The number of rotatable bonds is 2. The molecular formula is C11H14BrNO2. The predicted molar refractivity (Wildman–Crippen MR) is 61.8 cm³/mol. The van der Waals surface area contributed by atoms with Gasteiger partial charge in [-0.25, -0.2) is 0 Å². The van der Waals surface area contributed by atoms with Gasteiger partial charge in [-0.3, -0.25) is 0 Å². The molecule has 0 aromatic heterocycles. The van der Waals surface area contributed by atoms with Crippen LogP contribution in [0.15, 0.2) is 22.7 Å². The van der Waals surface area contributed by atoms with Gasteiger partial charge in [0.25, 0.3) is 0 Å². The summed E-state index contributed by atoms with van der Waals surface area (Å²) < 4.78 is 0.675. The van der Waals surface area contributed by atoms with Gasteiger partial charge in [-0.2, -0.15) is 0 Å². The first-order valence-electron chi connectivity index (χ1n) is 4.94. The lowest BCUT2D eigenvalue weighted by atomic mass is 9.63. The standard InChI is InChI=1S/C11H14BrNO2/c12-9-3-7(1-2-10(9)15)11(6-13)4-8(14)5-11/h1-3,8,14-15H,4-6,13H2. The van der Waals surface area contributed by atoms with Crippen LogP contribution in [0.3, 0.4) is 0 Å². The smallest absolute Gasteiger partial charge is 0.129 e. The van der Waals surface area contributed by atoms with Crippen molar-refractivity contribution >= 4 is 15.9 Å². The fourth-order valence-corrected chi connectivity index (χ4v) is 2.58. The minimum atomic E-state index is -0.235. The van der Waals surface area contributed by atoms with Gasteiger partial charge in [-0.05, 0) is 46.5 Å². The summed E-state index contributed by atoms with van der Waals surface area (Å²) in [7, 11) is 0. The maximum Gasteiger partial charge on any atom is 0.129 e. The molecule has 0 atom stereocenters. The molecule has 15 heavy (non-hydrogen) atoms. The minimum absolute atomic E-state index is 0.102. The van der Waals surface area contributed by atoms with Gasteiger partial charge in [0.05, 0.1) is 10.6 Å². The van der Waals surface area contributed by atoms with Crippen LogP contribution in [0.25, 0.3) is 0 Å². The molecule has 0 radical (unpaired) electrons. The first-order chi connectivity index (χ1) is 7.07. The summed E-state index contributed by atoms with van der Waals surface area (Å²) in [6, 6.07) is 5.41. The minimum Gasteiger partial charge on any atom is -0.507 e. The molecule has 82 valence electrons. The van der Waals surface area contributed by atoms with E-state index in [2.05, 4.69) is 15.9 Å². The van der Waals surface area contributed by atoms with E-state index in [9.17, 15) is 10.2 Å². The van der Waals surface area contributed by atoms with Gasteiger partial charge in [0.1, 0.15) is 5.75 Å². The molecule has 3 nitrogen and oxygen atoms in total. The summed E-state index contributed by atoms with van der Waals surface area (Å²) in [5.41, 5.74) is 6.74. The highest BCUT2D eigenvalue weighted by molar-refractivity contribution is 9.10. The van der Waals surface area contributed by atoms with Gasteiger partial charge in [-0.15, -0.1) is 0 Å². The number of hydrogen-bond donors (Lipinski definition) is 3. The number of nitrogens with two attached hydrogens (primary N) is 1. The summed E-state index contributed by atoms with van der Waals surface area (Å²) in [5.74, 6) is 0.228. The maximum atomic E-state index is 9.40. The zero-order chi connectivity index (χ0) is 11.1. The highest BCUT2D eigenvalue weighted by Crippen LogP contribution is 2.44. The van der Waals surface area contributed by atoms with E-state index < -0.39 is 0 Å². The molecule has 0 aliphatic heterocycles. The second-order valence-corrected chi connectivity index (χ2v) is 5.07. The Labute approximate surface area is 97.0 Å². The Bertz CT molecular complexity index is 375. The van der Waals surface area contributed by atoms with Crippen LogP contribution in [0.2, 0.25) is 0 Å². The van der Waals surface area contributed by atoms with E-state index in [4.69, 9.17) is 5.73 Å². The van der Waals surface area contributed by atoms with Crippen molar-refractivity contribution in [2.75, 3.05) is 6.54 Å². The third kappa shape index (κ3) is 1.77. The number of aliphatic hydroxyl groups is 1. The Kier molecular flexibility index (Phi) is 2.75. The number of halogens is 1. The molecule has 1 aliphatic rings. The summed E-state index contributed by atoms with van der Waals surface area (Å²) in [5, 5.41) is 18.8. The van der Waals surface area contributed by atoms with E-state index >= 15 is 0 Å². The zero-order valence-corrected chi connectivity index (χ0v) is 9.87. The number of hydrogen-bond acceptors (Lipinski definition) is 3. The molecule has 0 amide bonds. The summed E-state index contributed by atoms with van der Waals surface area (Å²) in [6.45, 7) is 0.529. The Morgan fingerprint density at radius 2 is 2.13 bits per heavy atom. The SMILES string of the molecule is NCC1(c2ccc(O)c(Br)c2)CC(O)C1. The maximum absolute atomic E-state index is 9.40. The van der Waals surface area contributed by atoms with Crippen LogP contribution >= 0.6 is 15.9 Å². The number of phenolic OH excluding ortho intramolecular Hbond substituents is 1.